The van der Waals surface area contributed by atoms with E-state index in [2.05, 4.69) is 86.0 Å². The minimum Gasteiger partial charge on any atom is -0.493 e. The van der Waals surface area contributed by atoms with Crippen LogP contribution in [0.3, 0.4) is 0 Å². The van der Waals surface area contributed by atoms with Crippen molar-refractivity contribution >= 4 is 5.65 Å². The molecule has 32 heavy (non-hydrogen) atoms. The van der Waals surface area contributed by atoms with Crippen molar-refractivity contribution in [1.29, 1.82) is 0 Å². The predicted molar refractivity (Wildman–Crippen MR) is 128 cm³/mol. The van der Waals surface area contributed by atoms with Crippen molar-refractivity contribution in [1.82, 2.24) is 29.7 Å². The first-order valence-corrected chi connectivity index (χ1v) is 11.1. The van der Waals surface area contributed by atoms with Crippen LogP contribution in [-0.4, -0.2) is 49.9 Å². The number of pyridine rings is 1. The summed E-state index contributed by atoms with van der Waals surface area (Å²) in [6, 6.07) is 11.6. The molecule has 7 nitrogen and oxygen atoms in total. The summed E-state index contributed by atoms with van der Waals surface area (Å²) in [5.41, 5.74) is 7.18. The second-order valence-corrected chi connectivity index (χ2v) is 8.90. The molecule has 0 bridgehead atoms. The summed E-state index contributed by atoms with van der Waals surface area (Å²) < 4.78 is 7.29. The van der Waals surface area contributed by atoms with Gasteiger partial charge in [0.05, 0.1) is 18.5 Å². The van der Waals surface area contributed by atoms with Crippen LogP contribution in [-0.2, 0) is 0 Å². The normalized spacial score (nSPS) is 12.9. The number of H-pyrrole nitrogens is 1. The summed E-state index contributed by atoms with van der Waals surface area (Å²) in [4.78, 5) is 6.65. The monoisotopic (exact) mass is 432 g/mol. The van der Waals surface area contributed by atoms with E-state index in [-0.39, 0.29) is 5.92 Å². The SMILES string of the molecule is COc1cc(-c2[nH]nc(-c3ccc(C(C)N(C)C(C)C)cc3)c2C(C)C)cn2ncnc12. The van der Waals surface area contributed by atoms with E-state index in [0.29, 0.717) is 23.5 Å². The topological polar surface area (TPSA) is 71.3 Å². The zero-order valence-electron chi connectivity index (χ0n) is 19.9. The summed E-state index contributed by atoms with van der Waals surface area (Å²) in [6.45, 7) is 11.1. The number of fused-ring (bicyclic) bond motifs is 1. The van der Waals surface area contributed by atoms with Gasteiger partial charge in [-0.25, -0.2) is 9.50 Å². The Balaban J connectivity index is 1.75. The Bertz CT molecular complexity index is 1210. The molecule has 1 N–H and O–H groups in total. The van der Waals surface area contributed by atoms with Gasteiger partial charge in [-0.05, 0) is 45.4 Å². The van der Waals surface area contributed by atoms with Gasteiger partial charge in [-0.1, -0.05) is 38.1 Å². The number of rotatable bonds is 7. The van der Waals surface area contributed by atoms with Gasteiger partial charge in [0.1, 0.15) is 6.33 Å². The van der Waals surface area contributed by atoms with E-state index in [1.165, 1.54) is 17.5 Å². The number of nitrogens with zero attached hydrogens (tertiary/aromatic N) is 5. The van der Waals surface area contributed by atoms with E-state index < -0.39 is 0 Å². The molecule has 0 fully saturated rings. The standard InChI is InChI=1S/C25H32N6O/c1-15(2)22-23(19-10-8-18(9-11-19)17(5)30(6)16(3)4)28-29-24(22)20-12-21(32-7)25-26-14-27-31(25)13-20/h8-17H,1-7H3,(H,28,29). The molecule has 168 valence electrons. The van der Waals surface area contributed by atoms with E-state index in [9.17, 15) is 0 Å². The van der Waals surface area contributed by atoms with E-state index in [4.69, 9.17) is 9.84 Å². The molecular formula is C25H32N6O. The van der Waals surface area contributed by atoms with Crippen molar-refractivity contribution in [3.05, 3.63) is 54.0 Å². The fraction of sp³-hybridized carbons (Fsp3) is 0.400. The lowest BCUT2D eigenvalue weighted by Gasteiger charge is -2.28. The highest BCUT2D eigenvalue weighted by Gasteiger charge is 2.21. The second-order valence-electron chi connectivity index (χ2n) is 8.90. The van der Waals surface area contributed by atoms with Crippen molar-refractivity contribution in [3.8, 4) is 28.3 Å². The van der Waals surface area contributed by atoms with Crippen LogP contribution < -0.4 is 4.74 Å². The molecule has 1 unspecified atom stereocenters. The van der Waals surface area contributed by atoms with Gasteiger partial charge in [-0.15, -0.1) is 0 Å². The van der Waals surface area contributed by atoms with Gasteiger partial charge in [0.25, 0.3) is 0 Å². The van der Waals surface area contributed by atoms with Gasteiger partial charge in [0.15, 0.2) is 11.4 Å². The number of methoxy groups -OCH3 is 1. The van der Waals surface area contributed by atoms with Gasteiger partial charge in [-0.2, -0.15) is 10.2 Å². The largest absolute Gasteiger partial charge is 0.493 e. The first-order chi connectivity index (χ1) is 15.3. The first kappa shape index (κ1) is 22.0. The average Bonchev–Trinajstić information content (AvgIpc) is 3.44. The molecule has 0 saturated carbocycles. The highest BCUT2D eigenvalue weighted by atomic mass is 16.5. The zero-order chi connectivity index (χ0) is 23.0. The maximum Gasteiger partial charge on any atom is 0.197 e. The van der Waals surface area contributed by atoms with Gasteiger partial charge >= 0.3 is 0 Å². The second kappa shape index (κ2) is 8.74. The summed E-state index contributed by atoms with van der Waals surface area (Å²) in [6.07, 6.45) is 3.49. The molecule has 0 aliphatic rings. The van der Waals surface area contributed by atoms with Crippen LogP contribution in [0.2, 0.25) is 0 Å². The Morgan fingerprint density at radius 2 is 1.75 bits per heavy atom. The van der Waals surface area contributed by atoms with Crippen LogP contribution in [0.4, 0.5) is 0 Å². The van der Waals surface area contributed by atoms with Gasteiger partial charge in [0.2, 0.25) is 0 Å². The molecule has 4 rings (SSSR count). The summed E-state index contributed by atoms with van der Waals surface area (Å²) in [5, 5.41) is 12.3. The molecule has 3 aromatic heterocycles. The molecule has 3 heterocycles. The number of hydrogen-bond donors (Lipinski definition) is 1. The summed E-state index contributed by atoms with van der Waals surface area (Å²) in [7, 11) is 3.81. The van der Waals surface area contributed by atoms with Crippen molar-refractivity contribution in [2.45, 2.75) is 52.6 Å². The highest BCUT2D eigenvalue weighted by Crippen LogP contribution is 2.37. The van der Waals surface area contributed by atoms with Crippen LogP contribution in [0.5, 0.6) is 5.75 Å². The lowest BCUT2D eigenvalue weighted by Crippen LogP contribution is -2.29. The highest BCUT2D eigenvalue weighted by molar-refractivity contribution is 5.76. The fourth-order valence-electron chi connectivity index (χ4n) is 4.14. The number of aromatic nitrogens is 5. The van der Waals surface area contributed by atoms with Gasteiger partial charge in [-0.3, -0.25) is 10.00 Å². The van der Waals surface area contributed by atoms with Crippen molar-refractivity contribution < 1.29 is 4.74 Å². The maximum absolute atomic E-state index is 5.55. The lowest BCUT2D eigenvalue weighted by molar-refractivity contribution is 0.210. The quantitative estimate of drug-likeness (QED) is 0.428. The van der Waals surface area contributed by atoms with Crippen molar-refractivity contribution in [2.24, 2.45) is 0 Å². The molecule has 1 atom stereocenters. The Kier molecular flexibility index (Phi) is 6.02. The number of ether oxygens (including phenoxy) is 1. The van der Waals surface area contributed by atoms with Crippen LogP contribution in [0.1, 0.15) is 57.7 Å². The Morgan fingerprint density at radius 3 is 2.38 bits per heavy atom. The molecule has 1 aromatic carbocycles. The van der Waals surface area contributed by atoms with E-state index >= 15 is 0 Å². The molecule has 0 aliphatic carbocycles. The first-order valence-electron chi connectivity index (χ1n) is 11.1. The third-order valence-electron chi connectivity index (χ3n) is 6.32. The lowest BCUT2D eigenvalue weighted by atomic mass is 9.93. The predicted octanol–water partition coefficient (Wildman–Crippen LogP) is 5.32. The summed E-state index contributed by atoms with van der Waals surface area (Å²) in [5.74, 6) is 0.959. The van der Waals surface area contributed by atoms with Crippen LogP contribution >= 0.6 is 0 Å². The van der Waals surface area contributed by atoms with Crippen LogP contribution in [0, 0.1) is 0 Å². The molecule has 0 amide bonds. The number of nitrogens with one attached hydrogen (secondary N) is 1. The van der Waals surface area contributed by atoms with Crippen molar-refractivity contribution in [3.63, 3.8) is 0 Å². The molecule has 0 radical (unpaired) electrons. The molecule has 4 aromatic rings. The summed E-state index contributed by atoms with van der Waals surface area (Å²) >= 11 is 0. The van der Waals surface area contributed by atoms with Crippen LogP contribution in [0.15, 0.2) is 42.9 Å². The minimum atomic E-state index is 0.280. The third kappa shape index (κ3) is 3.88. The zero-order valence-corrected chi connectivity index (χ0v) is 19.9. The van der Waals surface area contributed by atoms with Crippen molar-refractivity contribution in [2.75, 3.05) is 14.2 Å². The Hall–Kier alpha value is -3.19. The Morgan fingerprint density at radius 1 is 1.03 bits per heavy atom. The molecule has 0 spiro atoms. The molecule has 0 saturated heterocycles. The number of aromatic amines is 1. The van der Waals surface area contributed by atoms with Crippen LogP contribution in [0.25, 0.3) is 28.2 Å². The number of hydrogen-bond acceptors (Lipinski definition) is 5. The van der Waals surface area contributed by atoms with E-state index in [0.717, 1.165) is 22.5 Å². The third-order valence-corrected chi connectivity index (χ3v) is 6.32. The smallest absolute Gasteiger partial charge is 0.197 e. The molecule has 0 aliphatic heterocycles. The van der Waals surface area contributed by atoms with E-state index in [1.807, 2.05) is 12.3 Å². The number of benzene rings is 1. The fourth-order valence-corrected chi connectivity index (χ4v) is 4.14. The molecule has 7 heteroatoms. The van der Waals surface area contributed by atoms with Gasteiger partial charge in [0, 0.05) is 35.0 Å². The molecular weight excluding hydrogens is 400 g/mol. The maximum atomic E-state index is 5.55. The average molecular weight is 433 g/mol. The van der Waals surface area contributed by atoms with Gasteiger partial charge < -0.3 is 4.74 Å². The Labute approximate surface area is 189 Å². The van der Waals surface area contributed by atoms with E-state index in [1.54, 1.807) is 11.6 Å². The minimum absolute atomic E-state index is 0.280.